The fraction of sp³-hybridized carbons (Fsp3) is 0.588. The number of aromatic nitrogens is 3. The molecule has 1 aliphatic heterocycles. The number of piperidine rings is 1. The Morgan fingerprint density at radius 2 is 2.04 bits per heavy atom. The minimum absolute atomic E-state index is 0.0560. The van der Waals surface area contributed by atoms with Crippen LogP contribution in [0.1, 0.15) is 51.1 Å². The number of fused-ring (bicyclic) bond motifs is 1. The first-order valence-electron chi connectivity index (χ1n) is 8.50. The van der Waals surface area contributed by atoms with Crippen molar-refractivity contribution >= 4 is 22.8 Å². The maximum Gasteiger partial charge on any atom is 0.303 e. The third kappa shape index (κ3) is 3.72. The largest absolute Gasteiger partial charge is 0.481 e. The molecule has 0 atom stereocenters. The number of hydrogen-bond donors (Lipinski definition) is 1. The van der Waals surface area contributed by atoms with E-state index in [1.807, 2.05) is 18.7 Å². The van der Waals surface area contributed by atoms with Crippen LogP contribution in [0.5, 0.6) is 0 Å². The number of aliphatic carboxylic acids is 1. The fourth-order valence-corrected chi connectivity index (χ4v) is 3.25. The Kier molecular flexibility index (Phi) is 4.87. The summed E-state index contributed by atoms with van der Waals surface area (Å²) >= 11 is 0. The van der Waals surface area contributed by atoms with E-state index in [0.717, 1.165) is 12.8 Å². The molecule has 1 N–H and O–H groups in total. The molecule has 2 aromatic heterocycles. The molecule has 0 radical (unpaired) electrons. The Bertz CT molecular complexity index is 767. The molecule has 1 saturated heterocycles. The Balaban J connectivity index is 1.88. The van der Waals surface area contributed by atoms with E-state index < -0.39 is 12.4 Å². The normalized spacial score (nSPS) is 16.3. The molecule has 0 spiro atoms. The van der Waals surface area contributed by atoms with Crippen molar-refractivity contribution in [2.75, 3.05) is 18.0 Å². The summed E-state index contributed by atoms with van der Waals surface area (Å²) in [4.78, 5) is 17.2. The van der Waals surface area contributed by atoms with Crippen molar-refractivity contribution in [2.24, 2.45) is 5.92 Å². The molecule has 0 bridgehead atoms. The molecule has 8 heteroatoms. The van der Waals surface area contributed by atoms with Crippen LogP contribution in [0.3, 0.4) is 0 Å². The average molecular weight is 352 g/mol. The van der Waals surface area contributed by atoms with Crippen molar-refractivity contribution in [2.45, 2.75) is 45.6 Å². The number of hydrogen-bond acceptors (Lipinski definition) is 4. The van der Waals surface area contributed by atoms with Crippen LogP contribution < -0.4 is 4.90 Å². The number of carbonyl (C=O) groups is 1. The highest BCUT2D eigenvalue weighted by atomic mass is 19.3. The molecule has 0 aliphatic carbocycles. The van der Waals surface area contributed by atoms with Crippen LogP contribution in [0.4, 0.5) is 14.6 Å². The van der Waals surface area contributed by atoms with Crippen molar-refractivity contribution in [3.05, 3.63) is 17.8 Å². The van der Waals surface area contributed by atoms with E-state index in [1.54, 1.807) is 10.9 Å². The maximum absolute atomic E-state index is 13.5. The van der Waals surface area contributed by atoms with Gasteiger partial charge in [-0.15, -0.1) is 0 Å². The zero-order chi connectivity index (χ0) is 18.1. The number of anilines is 1. The number of alkyl halides is 2. The summed E-state index contributed by atoms with van der Waals surface area (Å²) in [5, 5.41) is 13.6. The first-order valence-corrected chi connectivity index (χ1v) is 8.50. The van der Waals surface area contributed by atoms with Crippen molar-refractivity contribution in [1.29, 1.82) is 0 Å². The molecular weight excluding hydrogens is 330 g/mol. The summed E-state index contributed by atoms with van der Waals surface area (Å²) in [6, 6.07) is 1.51. The highest BCUT2D eigenvalue weighted by molar-refractivity contribution is 5.81. The molecular formula is C17H22F2N4O2. The summed E-state index contributed by atoms with van der Waals surface area (Å²) in [5.74, 6) is -0.171. The molecule has 136 valence electrons. The Morgan fingerprint density at radius 3 is 2.60 bits per heavy atom. The number of carboxylic acids is 1. The van der Waals surface area contributed by atoms with Gasteiger partial charge in [-0.2, -0.15) is 5.10 Å². The van der Waals surface area contributed by atoms with E-state index in [-0.39, 0.29) is 23.9 Å². The number of halogens is 2. The van der Waals surface area contributed by atoms with E-state index in [9.17, 15) is 13.6 Å². The highest BCUT2D eigenvalue weighted by Crippen LogP contribution is 2.32. The van der Waals surface area contributed by atoms with Crippen LogP contribution in [0, 0.1) is 5.92 Å². The quantitative estimate of drug-likeness (QED) is 0.889. The van der Waals surface area contributed by atoms with E-state index in [1.165, 1.54) is 6.07 Å². The van der Waals surface area contributed by atoms with Crippen LogP contribution in [0.15, 0.2) is 12.3 Å². The molecule has 3 heterocycles. The Hall–Kier alpha value is -2.25. The summed E-state index contributed by atoms with van der Waals surface area (Å²) in [6.07, 6.45) is 0.615. The Morgan fingerprint density at radius 1 is 1.36 bits per heavy atom. The molecule has 0 saturated carbocycles. The van der Waals surface area contributed by atoms with Crippen LogP contribution in [-0.4, -0.2) is 38.9 Å². The van der Waals surface area contributed by atoms with Crippen LogP contribution >= 0.6 is 0 Å². The number of pyridine rings is 1. The van der Waals surface area contributed by atoms with Gasteiger partial charge in [0.2, 0.25) is 0 Å². The number of carboxylic acid groups (broad SMARTS) is 1. The Labute approximate surface area is 144 Å². The van der Waals surface area contributed by atoms with Crippen molar-refractivity contribution < 1.29 is 18.7 Å². The monoisotopic (exact) mass is 352 g/mol. The molecule has 6 nitrogen and oxygen atoms in total. The minimum Gasteiger partial charge on any atom is -0.481 e. The zero-order valence-corrected chi connectivity index (χ0v) is 14.3. The van der Waals surface area contributed by atoms with Gasteiger partial charge in [0.05, 0.1) is 0 Å². The SMILES string of the molecule is CC(C)n1cc2c(C(F)F)cc(N3CCC(CC(=O)O)CC3)nc2n1. The number of rotatable bonds is 5. The van der Waals surface area contributed by atoms with E-state index in [4.69, 9.17) is 5.11 Å². The third-order valence-corrected chi connectivity index (χ3v) is 4.69. The number of nitrogens with zero attached hydrogens (tertiary/aromatic N) is 4. The lowest BCUT2D eigenvalue weighted by Gasteiger charge is -2.32. The molecule has 2 aromatic rings. The molecule has 3 rings (SSSR count). The predicted octanol–water partition coefficient (Wildman–Crippen LogP) is 3.64. The second-order valence-corrected chi connectivity index (χ2v) is 6.84. The van der Waals surface area contributed by atoms with Gasteiger partial charge in [-0.3, -0.25) is 9.48 Å². The van der Waals surface area contributed by atoms with Crippen LogP contribution in [-0.2, 0) is 4.79 Å². The van der Waals surface area contributed by atoms with Gasteiger partial charge in [-0.1, -0.05) is 0 Å². The molecule has 0 unspecified atom stereocenters. The fourth-order valence-electron chi connectivity index (χ4n) is 3.25. The van der Waals surface area contributed by atoms with Gasteiger partial charge in [0.25, 0.3) is 6.43 Å². The average Bonchev–Trinajstić information content (AvgIpc) is 2.98. The summed E-state index contributed by atoms with van der Waals surface area (Å²) in [7, 11) is 0. The van der Waals surface area contributed by atoms with E-state index in [2.05, 4.69) is 10.1 Å². The zero-order valence-electron chi connectivity index (χ0n) is 14.3. The lowest BCUT2D eigenvalue weighted by molar-refractivity contribution is -0.138. The van der Waals surface area contributed by atoms with Crippen LogP contribution in [0.25, 0.3) is 11.0 Å². The predicted molar refractivity (Wildman–Crippen MR) is 90.1 cm³/mol. The lowest BCUT2D eigenvalue weighted by Crippen LogP contribution is -2.35. The molecule has 25 heavy (non-hydrogen) atoms. The minimum atomic E-state index is -2.60. The van der Waals surface area contributed by atoms with Gasteiger partial charge in [0.1, 0.15) is 5.82 Å². The molecule has 1 aliphatic rings. The standard InChI is InChI=1S/C17H22F2N4O2/c1-10(2)23-9-13-12(16(18)19)8-14(20-17(13)21-23)22-5-3-11(4-6-22)7-15(24)25/h8-11,16H,3-7H2,1-2H3,(H,24,25). The molecule has 0 aromatic carbocycles. The summed E-state index contributed by atoms with van der Waals surface area (Å²) in [6.45, 7) is 5.10. The van der Waals surface area contributed by atoms with E-state index in [0.29, 0.717) is 29.9 Å². The van der Waals surface area contributed by atoms with Gasteiger partial charge in [0.15, 0.2) is 5.65 Å². The summed E-state index contributed by atoms with van der Waals surface area (Å²) < 4.78 is 28.7. The topological polar surface area (TPSA) is 71.2 Å². The van der Waals surface area contributed by atoms with Crippen molar-refractivity contribution in [1.82, 2.24) is 14.8 Å². The van der Waals surface area contributed by atoms with Gasteiger partial charge >= 0.3 is 5.97 Å². The summed E-state index contributed by atoms with van der Waals surface area (Å²) in [5.41, 5.74) is 0.272. The third-order valence-electron chi connectivity index (χ3n) is 4.69. The highest BCUT2D eigenvalue weighted by Gasteiger charge is 2.25. The molecule has 0 amide bonds. The van der Waals surface area contributed by atoms with Gasteiger partial charge in [0, 0.05) is 42.7 Å². The van der Waals surface area contributed by atoms with Crippen LogP contribution in [0.2, 0.25) is 0 Å². The van der Waals surface area contributed by atoms with Gasteiger partial charge in [-0.25, -0.2) is 13.8 Å². The maximum atomic E-state index is 13.5. The second-order valence-electron chi connectivity index (χ2n) is 6.84. The smallest absolute Gasteiger partial charge is 0.303 e. The van der Waals surface area contributed by atoms with Gasteiger partial charge in [-0.05, 0) is 38.7 Å². The first-order chi connectivity index (χ1) is 11.8. The van der Waals surface area contributed by atoms with Crippen molar-refractivity contribution in [3.8, 4) is 0 Å². The lowest BCUT2D eigenvalue weighted by atomic mass is 9.93. The van der Waals surface area contributed by atoms with E-state index >= 15 is 0 Å². The molecule has 1 fully saturated rings. The van der Waals surface area contributed by atoms with Crippen molar-refractivity contribution in [3.63, 3.8) is 0 Å². The second kappa shape index (κ2) is 6.93. The first kappa shape index (κ1) is 17.6. The van der Waals surface area contributed by atoms with Gasteiger partial charge < -0.3 is 10.0 Å².